The first-order valence-corrected chi connectivity index (χ1v) is 8.33. The first-order valence-electron chi connectivity index (χ1n) is 8.33. The van der Waals surface area contributed by atoms with E-state index in [0.717, 1.165) is 30.9 Å². The Kier molecular flexibility index (Phi) is 5.26. The number of hydrogen-bond donors (Lipinski definition) is 1. The monoisotopic (exact) mass is 335 g/mol. The maximum absolute atomic E-state index is 12.4. The molecule has 0 aliphatic carbocycles. The van der Waals surface area contributed by atoms with Gasteiger partial charge in [0.1, 0.15) is 0 Å². The van der Waals surface area contributed by atoms with Gasteiger partial charge in [0.05, 0.1) is 11.6 Å². The van der Waals surface area contributed by atoms with E-state index >= 15 is 0 Å². The molecular formula is C19H21N5O. The van der Waals surface area contributed by atoms with Crippen LogP contribution in [0.2, 0.25) is 0 Å². The van der Waals surface area contributed by atoms with Crippen molar-refractivity contribution in [3.8, 4) is 6.07 Å². The van der Waals surface area contributed by atoms with Crippen molar-refractivity contribution < 1.29 is 4.79 Å². The van der Waals surface area contributed by atoms with E-state index in [1.807, 2.05) is 42.2 Å². The first kappa shape index (κ1) is 16.9. The van der Waals surface area contributed by atoms with E-state index < -0.39 is 0 Å². The van der Waals surface area contributed by atoms with E-state index in [2.05, 4.69) is 21.3 Å². The fraction of sp³-hybridized carbons (Fsp3) is 0.316. The van der Waals surface area contributed by atoms with Crippen molar-refractivity contribution in [1.29, 1.82) is 5.26 Å². The van der Waals surface area contributed by atoms with E-state index in [4.69, 9.17) is 5.26 Å². The molecule has 2 heterocycles. The van der Waals surface area contributed by atoms with E-state index in [1.165, 1.54) is 5.56 Å². The lowest BCUT2D eigenvalue weighted by atomic mass is 10.1. The number of benzene rings is 1. The number of nitriles is 1. The molecule has 25 heavy (non-hydrogen) atoms. The van der Waals surface area contributed by atoms with Crippen molar-refractivity contribution in [2.75, 3.05) is 31.5 Å². The summed E-state index contributed by atoms with van der Waals surface area (Å²) < 4.78 is 0. The lowest BCUT2D eigenvalue weighted by Gasteiger charge is -2.34. The van der Waals surface area contributed by atoms with Crippen molar-refractivity contribution in [1.82, 2.24) is 14.8 Å². The van der Waals surface area contributed by atoms with Gasteiger partial charge in [0.15, 0.2) is 0 Å². The van der Waals surface area contributed by atoms with E-state index in [0.29, 0.717) is 18.7 Å². The molecule has 6 heteroatoms. The summed E-state index contributed by atoms with van der Waals surface area (Å²) >= 11 is 0. The molecule has 0 saturated carbocycles. The Morgan fingerprint density at radius 3 is 2.56 bits per heavy atom. The van der Waals surface area contributed by atoms with Gasteiger partial charge in [-0.05, 0) is 36.2 Å². The molecule has 1 fully saturated rings. The highest BCUT2D eigenvalue weighted by molar-refractivity contribution is 5.90. The highest BCUT2D eigenvalue weighted by atomic mass is 16.2. The quantitative estimate of drug-likeness (QED) is 0.936. The van der Waals surface area contributed by atoms with E-state index in [-0.39, 0.29) is 6.03 Å². The van der Waals surface area contributed by atoms with Crippen molar-refractivity contribution >= 4 is 11.7 Å². The molecule has 0 atom stereocenters. The van der Waals surface area contributed by atoms with Crippen LogP contribution in [0.25, 0.3) is 0 Å². The zero-order valence-electron chi connectivity index (χ0n) is 14.3. The summed E-state index contributed by atoms with van der Waals surface area (Å²) in [5.41, 5.74) is 3.62. The first-order chi connectivity index (χ1) is 12.2. The molecule has 0 radical (unpaired) electrons. The molecule has 1 aliphatic heterocycles. The van der Waals surface area contributed by atoms with Crippen LogP contribution in [0.15, 0.2) is 42.7 Å². The molecule has 1 aliphatic rings. The van der Waals surface area contributed by atoms with Gasteiger partial charge in [-0.3, -0.25) is 9.88 Å². The van der Waals surface area contributed by atoms with Crippen LogP contribution in [0.1, 0.15) is 16.7 Å². The number of carbonyl (C=O) groups excluding carboxylic acids is 1. The second kappa shape index (κ2) is 7.77. The molecule has 1 N–H and O–H groups in total. The van der Waals surface area contributed by atoms with Gasteiger partial charge in [-0.1, -0.05) is 12.1 Å². The number of nitrogens with one attached hydrogen (secondary N) is 1. The van der Waals surface area contributed by atoms with Gasteiger partial charge >= 0.3 is 6.03 Å². The third-order valence-electron chi connectivity index (χ3n) is 4.41. The van der Waals surface area contributed by atoms with Crippen LogP contribution in [0.4, 0.5) is 10.5 Å². The smallest absolute Gasteiger partial charge is 0.321 e. The van der Waals surface area contributed by atoms with Crippen LogP contribution in [-0.2, 0) is 6.54 Å². The molecule has 0 bridgehead atoms. The number of rotatable bonds is 3. The average molecular weight is 335 g/mol. The van der Waals surface area contributed by atoms with Gasteiger partial charge in [0.2, 0.25) is 0 Å². The largest absolute Gasteiger partial charge is 0.322 e. The summed E-state index contributed by atoms with van der Waals surface area (Å²) in [5, 5.41) is 11.8. The summed E-state index contributed by atoms with van der Waals surface area (Å²) in [6.45, 7) is 5.84. The molecule has 6 nitrogen and oxygen atoms in total. The number of aryl methyl sites for hydroxylation is 1. The molecule has 1 aromatic carbocycles. The highest BCUT2D eigenvalue weighted by Crippen LogP contribution is 2.14. The van der Waals surface area contributed by atoms with Crippen LogP contribution < -0.4 is 5.32 Å². The van der Waals surface area contributed by atoms with Crippen molar-refractivity contribution in [3.63, 3.8) is 0 Å². The van der Waals surface area contributed by atoms with Crippen LogP contribution in [0, 0.1) is 18.3 Å². The van der Waals surface area contributed by atoms with Crippen molar-refractivity contribution in [3.05, 3.63) is 59.4 Å². The minimum Gasteiger partial charge on any atom is -0.322 e. The molecule has 0 spiro atoms. The Hall–Kier alpha value is -2.91. The number of carbonyl (C=O) groups is 1. The maximum atomic E-state index is 12.4. The van der Waals surface area contributed by atoms with Gasteiger partial charge in [-0.25, -0.2) is 4.79 Å². The number of nitrogens with zero attached hydrogens (tertiary/aromatic N) is 4. The van der Waals surface area contributed by atoms with Crippen molar-refractivity contribution in [2.24, 2.45) is 0 Å². The summed E-state index contributed by atoms with van der Waals surface area (Å²) in [4.78, 5) is 20.6. The number of urea groups is 1. The molecule has 0 unspecified atom stereocenters. The number of aromatic nitrogens is 1. The third-order valence-corrected chi connectivity index (χ3v) is 4.41. The minimum absolute atomic E-state index is 0.0627. The van der Waals surface area contributed by atoms with Gasteiger partial charge in [-0.15, -0.1) is 0 Å². The maximum Gasteiger partial charge on any atom is 0.321 e. The zero-order chi connectivity index (χ0) is 17.6. The molecular weight excluding hydrogens is 314 g/mol. The standard InChI is InChI=1S/C19H21N5O/c1-15-13-21-7-6-18(15)22-19(25)24-10-8-23(9-11-24)14-17-4-2-16(12-20)3-5-17/h2-7,13H,8-11,14H2,1H3,(H,21,22,25). The van der Waals surface area contributed by atoms with Gasteiger partial charge in [0, 0.05) is 50.8 Å². The van der Waals surface area contributed by atoms with Crippen LogP contribution >= 0.6 is 0 Å². The number of amides is 2. The van der Waals surface area contributed by atoms with E-state index in [9.17, 15) is 4.79 Å². The predicted octanol–water partition coefficient (Wildman–Crippen LogP) is 2.61. The van der Waals surface area contributed by atoms with Crippen molar-refractivity contribution in [2.45, 2.75) is 13.5 Å². The summed E-state index contributed by atoms with van der Waals surface area (Å²) in [6, 6.07) is 11.5. The SMILES string of the molecule is Cc1cnccc1NC(=O)N1CCN(Cc2ccc(C#N)cc2)CC1. The molecule has 1 saturated heterocycles. The predicted molar refractivity (Wildman–Crippen MR) is 96.0 cm³/mol. The molecule has 2 aromatic rings. The minimum atomic E-state index is -0.0627. The van der Waals surface area contributed by atoms with Crippen LogP contribution in [0.5, 0.6) is 0 Å². The van der Waals surface area contributed by atoms with Crippen LogP contribution in [-0.4, -0.2) is 47.0 Å². The number of hydrogen-bond acceptors (Lipinski definition) is 4. The topological polar surface area (TPSA) is 72.3 Å². The molecule has 3 rings (SSSR count). The Labute approximate surface area is 147 Å². The lowest BCUT2D eigenvalue weighted by molar-refractivity contribution is 0.143. The van der Waals surface area contributed by atoms with Crippen LogP contribution in [0.3, 0.4) is 0 Å². The zero-order valence-corrected chi connectivity index (χ0v) is 14.3. The number of piperazine rings is 1. The summed E-state index contributed by atoms with van der Waals surface area (Å²) in [5.74, 6) is 0. The Balaban J connectivity index is 1.50. The lowest BCUT2D eigenvalue weighted by Crippen LogP contribution is -2.49. The Morgan fingerprint density at radius 1 is 1.20 bits per heavy atom. The van der Waals surface area contributed by atoms with Gasteiger partial charge < -0.3 is 10.2 Å². The fourth-order valence-corrected chi connectivity index (χ4v) is 2.86. The number of anilines is 1. The molecule has 1 aromatic heterocycles. The second-order valence-electron chi connectivity index (χ2n) is 6.19. The summed E-state index contributed by atoms with van der Waals surface area (Å²) in [7, 11) is 0. The molecule has 128 valence electrons. The molecule has 2 amide bonds. The van der Waals surface area contributed by atoms with Gasteiger partial charge in [0.25, 0.3) is 0 Å². The fourth-order valence-electron chi connectivity index (χ4n) is 2.86. The average Bonchev–Trinajstić information content (AvgIpc) is 2.65. The second-order valence-corrected chi connectivity index (χ2v) is 6.19. The number of pyridine rings is 1. The highest BCUT2D eigenvalue weighted by Gasteiger charge is 2.21. The third kappa shape index (κ3) is 4.34. The van der Waals surface area contributed by atoms with Gasteiger partial charge in [-0.2, -0.15) is 5.26 Å². The normalized spacial score (nSPS) is 14.8. The summed E-state index contributed by atoms with van der Waals surface area (Å²) in [6.07, 6.45) is 3.42. The Bertz CT molecular complexity index is 773. The Morgan fingerprint density at radius 2 is 1.92 bits per heavy atom. The van der Waals surface area contributed by atoms with E-state index in [1.54, 1.807) is 12.4 Å².